The molecule has 2 fully saturated rings. The van der Waals surface area contributed by atoms with Gasteiger partial charge in [0.2, 0.25) is 0 Å². The molecule has 1 saturated carbocycles. The van der Waals surface area contributed by atoms with Crippen molar-refractivity contribution in [2.24, 2.45) is 5.92 Å². The van der Waals surface area contributed by atoms with Gasteiger partial charge < -0.3 is 9.53 Å². The Morgan fingerprint density at radius 1 is 1.33 bits per heavy atom. The molecule has 2 nitrogen and oxygen atoms in total. The summed E-state index contributed by atoms with van der Waals surface area (Å²) in [5, 5.41) is 0. The highest BCUT2D eigenvalue weighted by molar-refractivity contribution is 5.54. The largest absolute Gasteiger partial charge is 0.370 e. The molecular formula is C7H10O2. The molecule has 0 aromatic carbocycles. The van der Waals surface area contributed by atoms with Crippen LogP contribution in [0, 0.1) is 5.92 Å². The lowest BCUT2D eigenvalue weighted by Gasteiger charge is -2.10. The Morgan fingerprint density at radius 3 is 2.89 bits per heavy atom. The van der Waals surface area contributed by atoms with E-state index in [2.05, 4.69) is 0 Å². The quantitative estimate of drug-likeness (QED) is 0.383. The summed E-state index contributed by atoms with van der Waals surface area (Å²) in [6.45, 7) is 0. The van der Waals surface area contributed by atoms with Gasteiger partial charge in [-0.3, -0.25) is 0 Å². The monoisotopic (exact) mass is 126 g/mol. The van der Waals surface area contributed by atoms with Crippen LogP contribution in [0.2, 0.25) is 0 Å². The van der Waals surface area contributed by atoms with Crippen molar-refractivity contribution in [3.05, 3.63) is 0 Å². The van der Waals surface area contributed by atoms with Crippen molar-refractivity contribution < 1.29 is 9.53 Å². The molecule has 0 bridgehead atoms. The van der Waals surface area contributed by atoms with E-state index in [9.17, 15) is 4.79 Å². The van der Waals surface area contributed by atoms with E-state index in [0.717, 1.165) is 25.5 Å². The van der Waals surface area contributed by atoms with Crippen LogP contribution in [0.1, 0.15) is 19.3 Å². The minimum atomic E-state index is 0.300. The van der Waals surface area contributed by atoms with Gasteiger partial charge in [-0.1, -0.05) is 0 Å². The van der Waals surface area contributed by atoms with E-state index in [1.54, 1.807) is 0 Å². The Balaban J connectivity index is 1.93. The van der Waals surface area contributed by atoms with Gasteiger partial charge in [0.1, 0.15) is 6.29 Å². The standard InChI is InChI=1S/C7H10O2/c8-4-5-1-2-6-7(3-5)9-6/h4-7H,1-3H2/t5?,6-,7?/m1/s1. The average molecular weight is 126 g/mol. The zero-order chi connectivity index (χ0) is 6.27. The molecule has 0 aromatic heterocycles. The molecule has 1 saturated heterocycles. The van der Waals surface area contributed by atoms with Crippen LogP contribution in [-0.4, -0.2) is 18.5 Å². The number of rotatable bonds is 1. The maximum atomic E-state index is 10.3. The molecule has 3 atom stereocenters. The van der Waals surface area contributed by atoms with Gasteiger partial charge in [0.15, 0.2) is 0 Å². The molecule has 1 aliphatic carbocycles. The number of fused-ring (bicyclic) bond motifs is 1. The maximum absolute atomic E-state index is 10.3. The molecule has 2 heteroatoms. The molecule has 0 amide bonds. The second-order valence-electron chi connectivity index (χ2n) is 2.92. The first-order valence-corrected chi connectivity index (χ1v) is 3.51. The van der Waals surface area contributed by atoms with Gasteiger partial charge in [-0.25, -0.2) is 0 Å². The molecule has 0 radical (unpaired) electrons. The topological polar surface area (TPSA) is 29.6 Å². The molecular weight excluding hydrogens is 116 g/mol. The smallest absolute Gasteiger partial charge is 0.123 e. The lowest BCUT2D eigenvalue weighted by molar-refractivity contribution is -0.111. The number of carbonyl (C=O) groups excluding carboxylic acids is 1. The molecule has 0 spiro atoms. The van der Waals surface area contributed by atoms with Gasteiger partial charge in [-0.05, 0) is 19.3 Å². The van der Waals surface area contributed by atoms with Gasteiger partial charge in [-0.2, -0.15) is 0 Å². The normalized spacial score (nSPS) is 47.8. The number of hydrogen-bond donors (Lipinski definition) is 0. The molecule has 1 heterocycles. The van der Waals surface area contributed by atoms with E-state index in [1.165, 1.54) is 0 Å². The molecule has 0 aromatic rings. The van der Waals surface area contributed by atoms with Crippen LogP contribution in [0.4, 0.5) is 0 Å². The Labute approximate surface area is 54.2 Å². The van der Waals surface area contributed by atoms with Crippen molar-refractivity contribution in [2.75, 3.05) is 0 Å². The number of ether oxygens (including phenoxy) is 1. The third-order valence-electron chi connectivity index (χ3n) is 2.24. The highest BCUT2D eigenvalue weighted by Gasteiger charge is 2.43. The summed E-state index contributed by atoms with van der Waals surface area (Å²) in [6, 6.07) is 0. The molecule has 50 valence electrons. The van der Waals surface area contributed by atoms with Crippen LogP contribution in [0.3, 0.4) is 0 Å². The number of hydrogen-bond acceptors (Lipinski definition) is 2. The number of aldehydes is 1. The molecule has 9 heavy (non-hydrogen) atoms. The Hall–Kier alpha value is -0.370. The number of carbonyl (C=O) groups is 1. The van der Waals surface area contributed by atoms with Crippen molar-refractivity contribution in [3.63, 3.8) is 0 Å². The summed E-state index contributed by atoms with van der Waals surface area (Å²) in [7, 11) is 0. The van der Waals surface area contributed by atoms with Gasteiger partial charge >= 0.3 is 0 Å². The van der Waals surface area contributed by atoms with Crippen molar-refractivity contribution in [2.45, 2.75) is 31.5 Å². The van der Waals surface area contributed by atoms with Crippen LogP contribution in [0.25, 0.3) is 0 Å². The van der Waals surface area contributed by atoms with E-state index in [-0.39, 0.29) is 0 Å². The highest BCUT2D eigenvalue weighted by Crippen LogP contribution is 2.38. The summed E-state index contributed by atoms with van der Waals surface area (Å²) in [5.74, 6) is 0.300. The lowest BCUT2D eigenvalue weighted by Crippen LogP contribution is -2.13. The van der Waals surface area contributed by atoms with Crippen LogP contribution in [-0.2, 0) is 9.53 Å². The highest BCUT2D eigenvalue weighted by atomic mass is 16.6. The molecule has 2 rings (SSSR count). The van der Waals surface area contributed by atoms with Gasteiger partial charge in [0, 0.05) is 5.92 Å². The van der Waals surface area contributed by atoms with Gasteiger partial charge in [0.05, 0.1) is 12.2 Å². The van der Waals surface area contributed by atoms with E-state index < -0.39 is 0 Å². The second kappa shape index (κ2) is 1.81. The van der Waals surface area contributed by atoms with Crippen LogP contribution in [0.15, 0.2) is 0 Å². The Morgan fingerprint density at radius 2 is 2.22 bits per heavy atom. The fraction of sp³-hybridized carbons (Fsp3) is 0.857. The molecule has 1 aliphatic heterocycles. The van der Waals surface area contributed by atoms with E-state index in [0.29, 0.717) is 18.1 Å². The molecule has 2 unspecified atom stereocenters. The summed E-state index contributed by atoms with van der Waals surface area (Å²) in [4.78, 5) is 10.3. The fourth-order valence-electron chi connectivity index (χ4n) is 1.56. The van der Waals surface area contributed by atoms with Crippen molar-refractivity contribution >= 4 is 6.29 Å². The van der Waals surface area contributed by atoms with Crippen molar-refractivity contribution in [1.29, 1.82) is 0 Å². The predicted molar refractivity (Wildman–Crippen MR) is 32.1 cm³/mol. The van der Waals surface area contributed by atoms with E-state index >= 15 is 0 Å². The fourth-order valence-corrected chi connectivity index (χ4v) is 1.56. The first kappa shape index (κ1) is 5.42. The average Bonchev–Trinajstić information content (AvgIpc) is 2.64. The zero-order valence-electron chi connectivity index (χ0n) is 5.25. The van der Waals surface area contributed by atoms with Crippen LogP contribution in [0.5, 0.6) is 0 Å². The van der Waals surface area contributed by atoms with Crippen LogP contribution >= 0.6 is 0 Å². The zero-order valence-corrected chi connectivity index (χ0v) is 5.25. The van der Waals surface area contributed by atoms with Gasteiger partial charge in [0.25, 0.3) is 0 Å². The molecule has 0 N–H and O–H groups in total. The van der Waals surface area contributed by atoms with E-state index in [4.69, 9.17) is 4.74 Å². The summed E-state index contributed by atoms with van der Waals surface area (Å²) in [5.41, 5.74) is 0. The van der Waals surface area contributed by atoms with Crippen LogP contribution < -0.4 is 0 Å². The SMILES string of the molecule is O=CC1CC[C@H]2OC2C1. The summed E-state index contributed by atoms with van der Waals surface area (Å²) in [6.07, 6.45) is 5.18. The minimum Gasteiger partial charge on any atom is -0.370 e. The predicted octanol–water partition coefficient (Wildman–Crippen LogP) is 0.753. The first-order chi connectivity index (χ1) is 4.40. The van der Waals surface area contributed by atoms with E-state index in [1.807, 2.05) is 0 Å². The third-order valence-corrected chi connectivity index (χ3v) is 2.24. The van der Waals surface area contributed by atoms with Crippen molar-refractivity contribution in [1.82, 2.24) is 0 Å². The second-order valence-corrected chi connectivity index (χ2v) is 2.92. The minimum absolute atomic E-state index is 0.300. The molecule has 2 aliphatic rings. The summed E-state index contributed by atoms with van der Waals surface area (Å²) >= 11 is 0. The number of epoxide rings is 1. The maximum Gasteiger partial charge on any atom is 0.123 e. The van der Waals surface area contributed by atoms with Gasteiger partial charge in [-0.15, -0.1) is 0 Å². The summed E-state index contributed by atoms with van der Waals surface area (Å²) < 4.78 is 5.25. The third kappa shape index (κ3) is 0.874. The Bertz CT molecular complexity index is 133. The lowest BCUT2D eigenvalue weighted by atomic mass is 9.91. The first-order valence-electron chi connectivity index (χ1n) is 3.51. The Kier molecular flexibility index (Phi) is 1.09. The van der Waals surface area contributed by atoms with Crippen molar-refractivity contribution in [3.8, 4) is 0 Å².